The monoisotopic (exact) mass is 258 g/mol. The zero-order valence-electron chi connectivity index (χ0n) is 9.90. The Morgan fingerprint density at radius 3 is 2.94 bits per heavy atom. The predicted molar refractivity (Wildman–Crippen MR) is 76.6 cm³/mol. The van der Waals surface area contributed by atoms with E-state index in [1.54, 1.807) is 0 Å². The minimum absolute atomic E-state index is 0.120. The molecule has 0 unspecified atom stereocenters. The van der Waals surface area contributed by atoms with Crippen molar-refractivity contribution < 1.29 is 4.79 Å². The summed E-state index contributed by atoms with van der Waals surface area (Å²) in [6.07, 6.45) is 6.60. The van der Waals surface area contributed by atoms with E-state index in [1.807, 2.05) is 24.3 Å². The van der Waals surface area contributed by atoms with Crippen molar-refractivity contribution in [3.8, 4) is 12.3 Å². The van der Waals surface area contributed by atoms with Crippen LogP contribution in [-0.4, -0.2) is 12.5 Å². The van der Waals surface area contributed by atoms with Crippen LogP contribution in [0.4, 0.5) is 5.69 Å². The molecule has 1 heterocycles. The summed E-state index contributed by atoms with van der Waals surface area (Å²) in [5.74, 6) is 2.42. The molecule has 0 aliphatic rings. The van der Waals surface area contributed by atoms with E-state index in [0.29, 0.717) is 23.5 Å². The molecule has 92 valence electrons. The van der Waals surface area contributed by atoms with E-state index < -0.39 is 0 Å². The molecule has 3 nitrogen and oxygen atoms in total. The van der Waals surface area contributed by atoms with E-state index in [0.717, 1.165) is 16.5 Å². The van der Waals surface area contributed by atoms with Gasteiger partial charge in [0.2, 0.25) is 0 Å². The fourth-order valence-electron chi connectivity index (χ4n) is 1.71. The first-order valence-corrected chi connectivity index (χ1v) is 6.54. The van der Waals surface area contributed by atoms with E-state index >= 15 is 0 Å². The quantitative estimate of drug-likeness (QED) is 0.654. The van der Waals surface area contributed by atoms with Gasteiger partial charge >= 0.3 is 0 Å². The summed E-state index contributed by atoms with van der Waals surface area (Å²) in [6.45, 7) is 0.580. The lowest BCUT2D eigenvalue weighted by atomic mass is 10.2. The van der Waals surface area contributed by atoms with Crippen molar-refractivity contribution in [2.75, 3.05) is 12.3 Å². The third-order valence-corrected chi connectivity index (χ3v) is 3.81. The summed E-state index contributed by atoms with van der Waals surface area (Å²) in [7, 11) is 0. The van der Waals surface area contributed by atoms with Gasteiger partial charge in [0, 0.05) is 23.1 Å². The average molecular weight is 258 g/mol. The fourth-order valence-corrected chi connectivity index (χ4v) is 2.75. The number of fused-ring (bicyclic) bond motifs is 1. The second kappa shape index (κ2) is 5.56. The summed E-state index contributed by atoms with van der Waals surface area (Å²) in [6, 6.07) is 7.74. The van der Waals surface area contributed by atoms with Gasteiger partial charge in [-0.25, -0.2) is 0 Å². The molecule has 18 heavy (non-hydrogen) atoms. The lowest BCUT2D eigenvalue weighted by Gasteiger charge is -2.02. The van der Waals surface area contributed by atoms with Crippen molar-refractivity contribution in [3.05, 3.63) is 29.1 Å². The standard InChI is InChI=1S/C14H14N2OS/c1-2-3-6-9-16-14(17)13-12(15)10-7-4-5-8-11(10)18-13/h1,4-5,7-8H,3,6,9,15H2,(H,16,17). The van der Waals surface area contributed by atoms with Crippen molar-refractivity contribution in [2.24, 2.45) is 0 Å². The molecule has 1 aromatic carbocycles. The van der Waals surface area contributed by atoms with Gasteiger partial charge in [0.1, 0.15) is 4.88 Å². The molecule has 2 rings (SSSR count). The summed E-state index contributed by atoms with van der Waals surface area (Å²) in [5, 5.41) is 3.77. The fraction of sp³-hybridized carbons (Fsp3) is 0.214. The van der Waals surface area contributed by atoms with Crippen molar-refractivity contribution in [1.82, 2.24) is 5.32 Å². The number of nitrogen functional groups attached to an aromatic ring is 1. The zero-order valence-corrected chi connectivity index (χ0v) is 10.7. The number of hydrogen-bond acceptors (Lipinski definition) is 3. The third kappa shape index (κ3) is 2.47. The molecule has 0 aliphatic heterocycles. The molecule has 0 spiro atoms. The number of hydrogen-bond donors (Lipinski definition) is 2. The molecule has 1 amide bonds. The highest BCUT2D eigenvalue weighted by atomic mass is 32.1. The zero-order chi connectivity index (χ0) is 13.0. The largest absolute Gasteiger partial charge is 0.397 e. The molecule has 0 aliphatic carbocycles. The minimum atomic E-state index is -0.120. The number of benzene rings is 1. The molecule has 0 bridgehead atoms. The molecule has 0 atom stereocenters. The van der Waals surface area contributed by atoms with Crippen LogP contribution in [0.5, 0.6) is 0 Å². The van der Waals surface area contributed by atoms with Gasteiger partial charge in [0.05, 0.1) is 5.69 Å². The highest BCUT2D eigenvalue weighted by molar-refractivity contribution is 7.21. The molecule has 3 N–H and O–H groups in total. The smallest absolute Gasteiger partial charge is 0.263 e. The Labute approximate surface area is 110 Å². The first-order valence-electron chi connectivity index (χ1n) is 5.72. The van der Waals surface area contributed by atoms with Crippen LogP contribution in [0.15, 0.2) is 24.3 Å². The number of nitrogens with two attached hydrogens (primary N) is 1. The number of carbonyl (C=O) groups is 1. The number of carbonyl (C=O) groups excluding carboxylic acids is 1. The van der Waals surface area contributed by atoms with E-state index in [2.05, 4.69) is 11.2 Å². The molecule has 1 aromatic heterocycles. The summed E-state index contributed by atoms with van der Waals surface area (Å²) in [4.78, 5) is 12.5. The number of rotatable bonds is 4. The molecular weight excluding hydrogens is 244 g/mol. The number of amides is 1. The first kappa shape index (κ1) is 12.5. The van der Waals surface area contributed by atoms with Crippen molar-refractivity contribution in [2.45, 2.75) is 12.8 Å². The van der Waals surface area contributed by atoms with Gasteiger partial charge in [-0.05, 0) is 12.5 Å². The van der Waals surface area contributed by atoms with E-state index in [-0.39, 0.29) is 5.91 Å². The highest BCUT2D eigenvalue weighted by Crippen LogP contribution is 2.33. The molecular formula is C14H14N2OS. The Morgan fingerprint density at radius 1 is 1.44 bits per heavy atom. The predicted octanol–water partition coefficient (Wildman–Crippen LogP) is 2.63. The van der Waals surface area contributed by atoms with Gasteiger partial charge in [-0.3, -0.25) is 4.79 Å². The van der Waals surface area contributed by atoms with Gasteiger partial charge < -0.3 is 11.1 Å². The van der Waals surface area contributed by atoms with Crippen molar-refractivity contribution in [3.63, 3.8) is 0 Å². The normalized spacial score (nSPS) is 10.2. The Bertz CT molecular complexity index is 610. The topological polar surface area (TPSA) is 55.1 Å². The number of unbranched alkanes of at least 4 members (excludes halogenated alkanes) is 1. The van der Waals surface area contributed by atoms with E-state index in [9.17, 15) is 4.79 Å². The van der Waals surface area contributed by atoms with Crippen LogP contribution in [-0.2, 0) is 0 Å². The third-order valence-electron chi connectivity index (χ3n) is 2.62. The molecule has 0 radical (unpaired) electrons. The summed E-state index contributed by atoms with van der Waals surface area (Å²) >= 11 is 1.42. The van der Waals surface area contributed by atoms with Crippen LogP contribution in [0.1, 0.15) is 22.5 Å². The minimum Gasteiger partial charge on any atom is -0.397 e. The molecule has 0 saturated carbocycles. The maximum Gasteiger partial charge on any atom is 0.263 e. The van der Waals surface area contributed by atoms with Gasteiger partial charge in [-0.15, -0.1) is 23.7 Å². The number of anilines is 1. The lowest BCUT2D eigenvalue weighted by molar-refractivity contribution is 0.0958. The molecule has 0 saturated heterocycles. The Kier molecular flexibility index (Phi) is 3.85. The first-order chi connectivity index (χ1) is 8.74. The van der Waals surface area contributed by atoms with Crippen LogP contribution in [0.25, 0.3) is 10.1 Å². The maximum atomic E-state index is 12.0. The highest BCUT2D eigenvalue weighted by Gasteiger charge is 2.15. The lowest BCUT2D eigenvalue weighted by Crippen LogP contribution is -2.24. The second-order valence-corrected chi connectivity index (χ2v) is 4.96. The van der Waals surface area contributed by atoms with Gasteiger partial charge in [0.15, 0.2) is 0 Å². The van der Waals surface area contributed by atoms with Crippen LogP contribution >= 0.6 is 11.3 Å². The van der Waals surface area contributed by atoms with Crippen LogP contribution in [0, 0.1) is 12.3 Å². The van der Waals surface area contributed by atoms with Gasteiger partial charge in [0.25, 0.3) is 5.91 Å². The number of thiophene rings is 1. The Balaban J connectivity index is 2.13. The van der Waals surface area contributed by atoms with Crippen molar-refractivity contribution >= 4 is 33.0 Å². The number of terminal acetylenes is 1. The van der Waals surface area contributed by atoms with Crippen LogP contribution in [0.3, 0.4) is 0 Å². The second-order valence-electron chi connectivity index (χ2n) is 3.90. The maximum absolute atomic E-state index is 12.0. The van der Waals surface area contributed by atoms with Crippen LogP contribution < -0.4 is 11.1 Å². The Hall–Kier alpha value is -1.99. The average Bonchev–Trinajstić information content (AvgIpc) is 2.73. The summed E-state index contributed by atoms with van der Waals surface area (Å²) in [5.41, 5.74) is 6.55. The van der Waals surface area contributed by atoms with Gasteiger partial charge in [-0.1, -0.05) is 18.2 Å². The van der Waals surface area contributed by atoms with E-state index in [4.69, 9.17) is 12.2 Å². The number of nitrogens with one attached hydrogen (secondary N) is 1. The molecule has 0 fully saturated rings. The van der Waals surface area contributed by atoms with Gasteiger partial charge in [-0.2, -0.15) is 0 Å². The van der Waals surface area contributed by atoms with E-state index in [1.165, 1.54) is 11.3 Å². The SMILES string of the molecule is C#CCCCNC(=O)c1sc2ccccc2c1N. The Morgan fingerprint density at radius 2 is 2.22 bits per heavy atom. The molecule has 2 aromatic rings. The van der Waals surface area contributed by atoms with Crippen molar-refractivity contribution in [1.29, 1.82) is 0 Å². The summed E-state index contributed by atoms with van der Waals surface area (Å²) < 4.78 is 1.03. The molecule has 4 heteroatoms. The van der Waals surface area contributed by atoms with Crippen LogP contribution in [0.2, 0.25) is 0 Å².